The molecule has 0 spiro atoms. The number of carbonyl (C=O) groups excluding carboxylic acids is 1. The van der Waals surface area contributed by atoms with Gasteiger partial charge >= 0.3 is 0 Å². The summed E-state index contributed by atoms with van der Waals surface area (Å²) in [6.07, 6.45) is 0. The average Bonchev–Trinajstić information content (AvgIpc) is 2.96. The molecule has 2 atom stereocenters. The summed E-state index contributed by atoms with van der Waals surface area (Å²) < 4.78 is 12.4. The largest absolute Gasteiger partial charge is 0.481 e. The summed E-state index contributed by atoms with van der Waals surface area (Å²) >= 11 is 3.60. The standard InChI is InChI=1S/C31H32BrN3O3/c1-22(23-9-5-3-6-10-23)35(29(36)21-34-15-17-38-18-16-34)30(24-11-7-4-8-12-24)27-20-25-19-26(32)13-14-28(25)33-31(27)37-2/h3-14,19-20,22,30H,15-18,21H2,1-2H3. The van der Waals surface area contributed by atoms with Gasteiger partial charge in [0.2, 0.25) is 11.8 Å². The van der Waals surface area contributed by atoms with E-state index in [1.807, 2.05) is 59.5 Å². The highest BCUT2D eigenvalue weighted by Crippen LogP contribution is 2.40. The Labute approximate surface area is 232 Å². The molecule has 7 heteroatoms. The number of fused-ring (bicyclic) bond motifs is 1. The molecule has 2 unspecified atom stereocenters. The lowest BCUT2D eigenvalue weighted by atomic mass is 9.93. The van der Waals surface area contributed by atoms with Crippen LogP contribution in [0.1, 0.15) is 35.7 Å². The van der Waals surface area contributed by atoms with E-state index in [9.17, 15) is 4.79 Å². The average molecular weight is 575 g/mol. The van der Waals surface area contributed by atoms with E-state index < -0.39 is 6.04 Å². The number of methoxy groups -OCH3 is 1. The first-order valence-corrected chi connectivity index (χ1v) is 13.7. The van der Waals surface area contributed by atoms with Crippen LogP contribution in [0.3, 0.4) is 0 Å². The summed E-state index contributed by atoms with van der Waals surface area (Å²) in [5, 5.41) is 0.976. The van der Waals surface area contributed by atoms with Gasteiger partial charge in [-0.1, -0.05) is 76.6 Å². The van der Waals surface area contributed by atoms with Gasteiger partial charge < -0.3 is 14.4 Å². The molecular weight excluding hydrogens is 542 g/mol. The van der Waals surface area contributed by atoms with Crippen molar-refractivity contribution in [2.45, 2.75) is 19.0 Å². The third kappa shape index (κ3) is 5.75. The third-order valence-corrected chi connectivity index (χ3v) is 7.59. The molecule has 3 aromatic carbocycles. The fraction of sp³-hybridized carbons (Fsp3) is 0.290. The molecule has 0 radical (unpaired) electrons. The smallest absolute Gasteiger partial charge is 0.238 e. The summed E-state index contributed by atoms with van der Waals surface area (Å²) in [5.41, 5.74) is 3.75. The van der Waals surface area contributed by atoms with Crippen LogP contribution in [0.5, 0.6) is 5.88 Å². The maximum absolute atomic E-state index is 14.3. The molecule has 5 rings (SSSR count). The minimum atomic E-state index is -0.411. The van der Waals surface area contributed by atoms with Gasteiger partial charge in [-0.2, -0.15) is 0 Å². The third-order valence-electron chi connectivity index (χ3n) is 7.10. The molecule has 1 fully saturated rings. The van der Waals surface area contributed by atoms with E-state index in [1.54, 1.807) is 7.11 Å². The van der Waals surface area contributed by atoms with Crippen LogP contribution in [0.15, 0.2) is 89.4 Å². The molecule has 0 bridgehead atoms. The summed E-state index contributed by atoms with van der Waals surface area (Å²) in [7, 11) is 1.64. The number of ether oxygens (including phenoxy) is 2. The van der Waals surface area contributed by atoms with Gasteiger partial charge in [0.15, 0.2) is 0 Å². The summed E-state index contributed by atoms with van der Waals surface area (Å²) in [6.45, 7) is 5.18. The number of hydrogen-bond donors (Lipinski definition) is 0. The summed E-state index contributed by atoms with van der Waals surface area (Å²) in [5.74, 6) is 0.562. The molecule has 1 amide bonds. The first-order valence-electron chi connectivity index (χ1n) is 12.9. The Morgan fingerprint density at radius 2 is 1.66 bits per heavy atom. The van der Waals surface area contributed by atoms with Gasteiger partial charge in [-0.3, -0.25) is 9.69 Å². The van der Waals surface area contributed by atoms with E-state index in [1.165, 1.54) is 0 Å². The van der Waals surface area contributed by atoms with E-state index in [0.717, 1.165) is 45.2 Å². The highest BCUT2D eigenvalue weighted by atomic mass is 79.9. The number of carbonyl (C=O) groups is 1. The van der Waals surface area contributed by atoms with Crippen LogP contribution in [0.25, 0.3) is 10.9 Å². The Hall–Kier alpha value is -3.26. The predicted molar refractivity (Wildman–Crippen MR) is 153 cm³/mol. The van der Waals surface area contributed by atoms with Crippen LogP contribution in [0.4, 0.5) is 0 Å². The first-order chi connectivity index (χ1) is 18.5. The summed E-state index contributed by atoms with van der Waals surface area (Å²) in [6, 6.07) is 27.8. The highest BCUT2D eigenvalue weighted by Gasteiger charge is 2.35. The van der Waals surface area contributed by atoms with Crippen molar-refractivity contribution in [2.75, 3.05) is 40.0 Å². The van der Waals surface area contributed by atoms with E-state index in [4.69, 9.17) is 14.5 Å². The molecule has 0 saturated carbocycles. The van der Waals surface area contributed by atoms with E-state index in [0.29, 0.717) is 25.6 Å². The molecule has 1 aliphatic rings. The number of hydrogen-bond acceptors (Lipinski definition) is 5. The molecule has 0 N–H and O–H groups in total. The molecule has 6 nitrogen and oxygen atoms in total. The fourth-order valence-corrected chi connectivity index (χ4v) is 5.52. The van der Waals surface area contributed by atoms with Crippen molar-refractivity contribution in [3.05, 3.63) is 106 Å². The first kappa shape index (κ1) is 26.4. The lowest BCUT2D eigenvalue weighted by molar-refractivity contribution is -0.137. The van der Waals surface area contributed by atoms with Crippen molar-refractivity contribution in [1.82, 2.24) is 14.8 Å². The molecule has 1 aliphatic heterocycles. The zero-order valence-corrected chi connectivity index (χ0v) is 23.3. The van der Waals surface area contributed by atoms with Gasteiger partial charge in [0.05, 0.1) is 44.5 Å². The number of rotatable bonds is 8. The number of nitrogens with zero attached hydrogens (tertiary/aromatic N) is 3. The SMILES string of the molecule is COc1nc2ccc(Br)cc2cc1C(c1ccccc1)N(C(=O)CN1CCOCC1)C(C)c1ccccc1. The Morgan fingerprint density at radius 1 is 1.00 bits per heavy atom. The predicted octanol–water partition coefficient (Wildman–Crippen LogP) is 6.02. The lowest BCUT2D eigenvalue weighted by Gasteiger charge is -2.39. The van der Waals surface area contributed by atoms with Crippen molar-refractivity contribution in [2.24, 2.45) is 0 Å². The van der Waals surface area contributed by atoms with Crippen molar-refractivity contribution >= 4 is 32.7 Å². The van der Waals surface area contributed by atoms with Gasteiger partial charge in [0, 0.05) is 28.5 Å². The minimum Gasteiger partial charge on any atom is -0.481 e. The van der Waals surface area contributed by atoms with Gasteiger partial charge in [-0.25, -0.2) is 4.98 Å². The topological polar surface area (TPSA) is 54.9 Å². The molecule has 1 aromatic heterocycles. The van der Waals surface area contributed by atoms with Crippen LogP contribution in [0, 0.1) is 0 Å². The Kier molecular flexibility index (Phi) is 8.37. The molecular formula is C31H32BrN3O3. The second-order valence-corrected chi connectivity index (χ2v) is 10.4. The van der Waals surface area contributed by atoms with Crippen molar-refractivity contribution in [1.29, 1.82) is 0 Å². The van der Waals surface area contributed by atoms with Crippen molar-refractivity contribution in [3.63, 3.8) is 0 Å². The van der Waals surface area contributed by atoms with Gasteiger partial charge in [-0.05, 0) is 42.3 Å². The number of pyridine rings is 1. The zero-order chi connectivity index (χ0) is 26.5. The van der Waals surface area contributed by atoms with E-state index in [-0.39, 0.29) is 11.9 Å². The molecule has 1 saturated heterocycles. The number of aromatic nitrogens is 1. The normalized spacial score (nSPS) is 15.7. The van der Waals surface area contributed by atoms with Crippen LogP contribution >= 0.6 is 15.9 Å². The number of halogens is 1. The van der Waals surface area contributed by atoms with E-state index >= 15 is 0 Å². The summed E-state index contributed by atoms with van der Waals surface area (Å²) in [4.78, 5) is 23.3. The van der Waals surface area contributed by atoms with Crippen LogP contribution < -0.4 is 4.74 Å². The molecule has 4 aromatic rings. The second-order valence-electron chi connectivity index (χ2n) is 9.51. The highest BCUT2D eigenvalue weighted by molar-refractivity contribution is 9.10. The molecule has 38 heavy (non-hydrogen) atoms. The quantitative estimate of drug-likeness (QED) is 0.258. The van der Waals surface area contributed by atoms with Gasteiger partial charge in [0.1, 0.15) is 0 Å². The monoisotopic (exact) mass is 573 g/mol. The van der Waals surface area contributed by atoms with Gasteiger partial charge in [-0.15, -0.1) is 0 Å². The number of amides is 1. The zero-order valence-electron chi connectivity index (χ0n) is 21.7. The fourth-order valence-electron chi connectivity index (χ4n) is 5.14. The number of benzene rings is 3. The second kappa shape index (κ2) is 12.1. The number of morpholine rings is 1. The Bertz CT molecular complexity index is 1380. The Morgan fingerprint density at radius 3 is 2.32 bits per heavy atom. The lowest BCUT2D eigenvalue weighted by Crippen LogP contribution is -2.47. The van der Waals surface area contributed by atoms with Crippen LogP contribution in [-0.4, -0.2) is 60.6 Å². The van der Waals surface area contributed by atoms with E-state index in [2.05, 4.69) is 58.1 Å². The Balaban J connectivity index is 1.68. The maximum atomic E-state index is 14.3. The maximum Gasteiger partial charge on any atom is 0.238 e. The van der Waals surface area contributed by atoms with Crippen LogP contribution in [0.2, 0.25) is 0 Å². The van der Waals surface area contributed by atoms with Crippen molar-refractivity contribution < 1.29 is 14.3 Å². The van der Waals surface area contributed by atoms with Crippen molar-refractivity contribution in [3.8, 4) is 5.88 Å². The van der Waals surface area contributed by atoms with Crippen LogP contribution in [-0.2, 0) is 9.53 Å². The molecule has 0 aliphatic carbocycles. The molecule has 196 valence electrons. The van der Waals surface area contributed by atoms with Gasteiger partial charge in [0.25, 0.3) is 0 Å². The molecule has 2 heterocycles. The minimum absolute atomic E-state index is 0.0495.